The van der Waals surface area contributed by atoms with E-state index in [1.807, 2.05) is 13.0 Å². The van der Waals surface area contributed by atoms with Gasteiger partial charge in [-0.1, -0.05) is 12.1 Å². The van der Waals surface area contributed by atoms with E-state index in [4.69, 9.17) is 4.74 Å². The molecule has 1 heterocycles. The van der Waals surface area contributed by atoms with Gasteiger partial charge in [-0.25, -0.2) is 4.39 Å². The number of amides is 1. The zero-order valence-electron chi connectivity index (χ0n) is 13.5. The topological polar surface area (TPSA) is 55.4 Å². The van der Waals surface area contributed by atoms with Gasteiger partial charge in [0, 0.05) is 24.3 Å². The predicted molar refractivity (Wildman–Crippen MR) is 92.1 cm³/mol. The number of thiophene rings is 1. The lowest BCUT2D eigenvalue weighted by Crippen LogP contribution is -2.25. The predicted octanol–water partition coefficient (Wildman–Crippen LogP) is 3.74. The minimum Gasteiger partial charge on any atom is -0.490 e. The molecule has 0 aliphatic carbocycles. The van der Waals surface area contributed by atoms with Crippen molar-refractivity contribution < 1.29 is 18.7 Å². The van der Waals surface area contributed by atoms with Crippen LogP contribution in [-0.2, 0) is 4.79 Å². The number of nitrogens with one attached hydrogen (secondary N) is 1. The third-order valence-corrected chi connectivity index (χ3v) is 4.37. The Kier molecular flexibility index (Phi) is 6.93. The second-order valence-corrected chi connectivity index (χ2v) is 6.60. The van der Waals surface area contributed by atoms with Crippen LogP contribution in [0.1, 0.15) is 33.8 Å². The van der Waals surface area contributed by atoms with Gasteiger partial charge in [0.15, 0.2) is 17.3 Å². The summed E-state index contributed by atoms with van der Waals surface area (Å²) in [5.74, 6) is -0.363. The fraction of sp³-hybridized carbons (Fsp3) is 0.333. The van der Waals surface area contributed by atoms with E-state index >= 15 is 0 Å². The second-order valence-electron chi connectivity index (χ2n) is 5.32. The van der Waals surface area contributed by atoms with Crippen LogP contribution in [0.2, 0.25) is 0 Å². The third kappa shape index (κ3) is 5.77. The maximum absolute atomic E-state index is 13.3. The van der Waals surface area contributed by atoms with Crippen LogP contribution in [0.4, 0.5) is 4.39 Å². The Labute approximate surface area is 144 Å². The van der Waals surface area contributed by atoms with Crippen molar-refractivity contribution in [1.29, 1.82) is 0 Å². The van der Waals surface area contributed by atoms with Gasteiger partial charge >= 0.3 is 0 Å². The molecule has 1 aromatic heterocycles. The zero-order valence-corrected chi connectivity index (χ0v) is 14.3. The number of ether oxygens (including phenoxy) is 1. The molecule has 0 aliphatic heterocycles. The van der Waals surface area contributed by atoms with E-state index in [-0.39, 0.29) is 30.3 Å². The van der Waals surface area contributed by atoms with E-state index in [0.29, 0.717) is 24.4 Å². The van der Waals surface area contributed by atoms with Crippen LogP contribution >= 0.6 is 11.3 Å². The van der Waals surface area contributed by atoms with Gasteiger partial charge in [-0.3, -0.25) is 9.59 Å². The summed E-state index contributed by atoms with van der Waals surface area (Å²) in [6.45, 7) is 2.69. The smallest absolute Gasteiger partial charge is 0.220 e. The summed E-state index contributed by atoms with van der Waals surface area (Å²) in [6, 6.07) is 9.89. The number of carbonyl (C=O) groups excluding carboxylic acids is 2. The van der Waals surface area contributed by atoms with Crippen molar-refractivity contribution in [3.63, 3.8) is 0 Å². The molecule has 1 amide bonds. The van der Waals surface area contributed by atoms with E-state index < -0.39 is 5.82 Å². The molecule has 1 N–H and O–H groups in total. The first-order chi connectivity index (χ1) is 11.6. The third-order valence-electron chi connectivity index (χ3n) is 3.33. The molecule has 0 saturated carbocycles. The number of halogens is 1. The molecule has 4 nitrogen and oxygen atoms in total. The van der Waals surface area contributed by atoms with Gasteiger partial charge in [0.25, 0.3) is 0 Å². The van der Waals surface area contributed by atoms with Gasteiger partial charge < -0.3 is 10.1 Å². The van der Waals surface area contributed by atoms with Crippen LogP contribution in [-0.4, -0.2) is 24.8 Å². The first-order valence-corrected chi connectivity index (χ1v) is 8.61. The maximum atomic E-state index is 13.3. The number of aryl methyl sites for hydroxylation is 1. The molecule has 6 heteroatoms. The maximum Gasteiger partial charge on any atom is 0.220 e. The first kappa shape index (κ1) is 18.1. The lowest BCUT2D eigenvalue weighted by atomic mass is 10.2. The van der Waals surface area contributed by atoms with Crippen LogP contribution < -0.4 is 10.1 Å². The Morgan fingerprint density at radius 1 is 1.17 bits per heavy atom. The summed E-state index contributed by atoms with van der Waals surface area (Å²) in [6.07, 6.45) is 0.944. The SMILES string of the molecule is Cc1ccc(C(=O)CCC(=O)NCCCOc2ccccc2F)s1. The van der Waals surface area contributed by atoms with Crippen LogP contribution in [0.15, 0.2) is 36.4 Å². The van der Waals surface area contributed by atoms with Gasteiger partial charge in [-0.05, 0) is 37.6 Å². The van der Waals surface area contributed by atoms with Crippen LogP contribution in [0.5, 0.6) is 5.75 Å². The van der Waals surface area contributed by atoms with E-state index in [2.05, 4.69) is 5.32 Å². The number of para-hydroxylation sites is 1. The molecular weight excluding hydrogens is 329 g/mol. The largest absolute Gasteiger partial charge is 0.490 e. The van der Waals surface area contributed by atoms with Crippen molar-refractivity contribution in [1.82, 2.24) is 5.32 Å². The first-order valence-electron chi connectivity index (χ1n) is 7.80. The van der Waals surface area contributed by atoms with E-state index in [0.717, 1.165) is 4.88 Å². The molecule has 0 unspecified atom stereocenters. The summed E-state index contributed by atoms with van der Waals surface area (Å²) < 4.78 is 18.6. The Hall–Kier alpha value is -2.21. The number of hydrogen-bond acceptors (Lipinski definition) is 4. The van der Waals surface area contributed by atoms with Crippen LogP contribution in [0, 0.1) is 12.7 Å². The number of hydrogen-bond donors (Lipinski definition) is 1. The Morgan fingerprint density at radius 2 is 1.96 bits per heavy atom. The minimum absolute atomic E-state index is 0.00821. The fourth-order valence-corrected chi connectivity index (χ4v) is 2.90. The molecule has 0 fully saturated rings. The van der Waals surface area contributed by atoms with Crippen molar-refractivity contribution >= 4 is 23.0 Å². The number of rotatable bonds is 9. The van der Waals surface area contributed by atoms with Crippen LogP contribution in [0.3, 0.4) is 0 Å². The van der Waals surface area contributed by atoms with Crippen molar-refractivity contribution in [2.45, 2.75) is 26.2 Å². The normalized spacial score (nSPS) is 10.4. The minimum atomic E-state index is -0.399. The van der Waals surface area contributed by atoms with Gasteiger partial charge in [-0.2, -0.15) is 0 Å². The Morgan fingerprint density at radius 3 is 2.67 bits per heavy atom. The Balaban J connectivity index is 1.58. The van der Waals surface area contributed by atoms with Gasteiger partial charge in [0.05, 0.1) is 11.5 Å². The summed E-state index contributed by atoms with van der Waals surface area (Å²) in [7, 11) is 0. The monoisotopic (exact) mass is 349 g/mol. The highest BCUT2D eigenvalue weighted by Gasteiger charge is 2.10. The van der Waals surface area contributed by atoms with Gasteiger partial charge in [-0.15, -0.1) is 11.3 Å². The van der Waals surface area contributed by atoms with Crippen molar-refractivity contribution in [2.24, 2.45) is 0 Å². The summed E-state index contributed by atoms with van der Waals surface area (Å²) >= 11 is 1.44. The van der Waals surface area contributed by atoms with E-state index in [9.17, 15) is 14.0 Å². The fourth-order valence-electron chi connectivity index (χ4n) is 2.07. The summed E-state index contributed by atoms with van der Waals surface area (Å²) in [4.78, 5) is 25.4. The average Bonchev–Trinajstić information content (AvgIpc) is 3.00. The van der Waals surface area contributed by atoms with Gasteiger partial charge in [0.1, 0.15) is 0 Å². The number of Topliss-reactive ketones (excluding diaryl/α,β-unsaturated/α-hetero) is 1. The lowest BCUT2D eigenvalue weighted by molar-refractivity contribution is -0.121. The lowest BCUT2D eigenvalue weighted by Gasteiger charge is -2.08. The highest BCUT2D eigenvalue weighted by molar-refractivity contribution is 7.14. The molecule has 2 aromatic rings. The molecule has 128 valence electrons. The highest BCUT2D eigenvalue weighted by atomic mass is 32.1. The molecule has 1 aromatic carbocycles. The van der Waals surface area contributed by atoms with E-state index in [1.54, 1.807) is 24.3 Å². The standard InChI is InChI=1S/C18H20FNO3S/c1-13-7-9-17(24-13)15(21)8-10-18(22)20-11-4-12-23-16-6-3-2-5-14(16)19/h2-3,5-7,9H,4,8,10-12H2,1H3,(H,20,22). The number of carbonyl (C=O) groups is 2. The van der Waals surface area contributed by atoms with Gasteiger partial charge in [0.2, 0.25) is 5.91 Å². The van der Waals surface area contributed by atoms with E-state index in [1.165, 1.54) is 17.4 Å². The molecule has 0 aliphatic rings. The number of benzene rings is 1. The molecule has 0 saturated heterocycles. The summed E-state index contributed by atoms with van der Waals surface area (Å²) in [5, 5.41) is 2.73. The molecule has 0 spiro atoms. The molecule has 24 heavy (non-hydrogen) atoms. The zero-order chi connectivity index (χ0) is 17.4. The van der Waals surface area contributed by atoms with Crippen LogP contribution in [0.25, 0.3) is 0 Å². The highest BCUT2D eigenvalue weighted by Crippen LogP contribution is 2.17. The van der Waals surface area contributed by atoms with Crippen molar-refractivity contribution in [3.05, 3.63) is 52.0 Å². The van der Waals surface area contributed by atoms with Crippen molar-refractivity contribution in [2.75, 3.05) is 13.2 Å². The number of ketones is 1. The molecule has 2 rings (SSSR count). The molecule has 0 atom stereocenters. The summed E-state index contributed by atoms with van der Waals surface area (Å²) in [5.41, 5.74) is 0. The molecule has 0 radical (unpaired) electrons. The van der Waals surface area contributed by atoms with Crippen molar-refractivity contribution in [3.8, 4) is 5.75 Å². The second kappa shape index (κ2) is 9.17. The average molecular weight is 349 g/mol. The molecular formula is C18H20FNO3S. The molecule has 0 bridgehead atoms. The quantitative estimate of drug-likeness (QED) is 0.554. The Bertz CT molecular complexity index is 699.